The van der Waals surface area contributed by atoms with E-state index in [-0.39, 0.29) is 12.1 Å². The van der Waals surface area contributed by atoms with E-state index in [1.54, 1.807) is 0 Å². The van der Waals surface area contributed by atoms with Gasteiger partial charge in [0.05, 0.1) is 33.4 Å². The summed E-state index contributed by atoms with van der Waals surface area (Å²) in [6.45, 7) is 6.68. The van der Waals surface area contributed by atoms with Crippen molar-refractivity contribution < 1.29 is 0 Å². The van der Waals surface area contributed by atoms with Gasteiger partial charge in [0.1, 0.15) is 0 Å². The highest BCUT2D eigenvalue weighted by Gasteiger charge is 2.46. The van der Waals surface area contributed by atoms with Gasteiger partial charge in [-0.25, -0.2) is 0 Å². The molecule has 0 fully saturated rings. The SMILES string of the molecule is CC(C)(C)c1ccc(-c2ccc(N3c4cc(-n5c6ccccc6c6ccccc65)ccc4B4c5cc(-c6ccccc6)cc6c5N(c5ccc(-c7ccccc7)cc5-c5ccccc5-6)c5cc(-n6c7ccccc7c7ccccc76)cc3c54)cc2)cc1. The van der Waals surface area contributed by atoms with E-state index in [4.69, 9.17) is 0 Å². The Morgan fingerprint density at radius 3 is 1.29 bits per heavy atom. The van der Waals surface area contributed by atoms with Crippen LogP contribution in [0.1, 0.15) is 26.3 Å². The number of fused-ring (bicyclic) bond motifs is 15. The minimum Gasteiger partial charge on any atom is -0.311 e. The van der Waals surface area contributed by atoms with Crippen LogP contribution in [0, 0.1) is 0 Å². The lowest BCUT2D eigenvalue weighted by Gasteiger charge is -2.45. The van der Waals surface area contributed by atoms with Crippen molar-refractivity contribution in [2.45, 2.75) is 26.2 Å². The fourth-order valence-electron chi connectivity index (χ4n) is 15.0. The van der Waals surface area contributed by atoms with E-state index in [0.29, 0.717) is 0 Å². The number of anilines is 6. The highest BCUT2D eigenvalue weighted by atomic mass is 15.2. The first-order valence-electron chi connectivity index (χ1n) is 30.4. The third kappa shape index (κ3) is 7.46. The summed E-state index contributed by atoms with van der Waals surface area (Å²) in [4.78, 5) is 5.26. The molecule has 4 nitrogen and oxygen atoms in total. The summed E-state index contributed by atoms with van der Waals surface area (Å²) in [5.74, 6) is 0. The maximum atomic E-state index is 2.66. The largest absolute Gasteiger partial charge is 0.311 e. The number of benzene rings is 13. The Hall–Kier alpha value is -10.9. The first-order chi connectivity index (χ1) is 42.8. The van der Waals surface area contributed by atoms with E-state index in [1.807, 2.05) is 0 Å². The van der Waals surface area contributed by atoms with E-state index in [1.165, 1.54) is 127 Å². The van der Waals surface area contributed by atoms with Crippen molar-refractivity contribution >= 4 is 101 Å². The standard InChI is InChI=1S/C82H57BN4/c1-82(2,3)58-39-34-54(35-40-58)55-36-41-59(42-37-55)84-77-49-60(85-72-30-16-12-26-64(72)65-27-13-17-31-73(65)85)43-44-70(77)83-71-48-57(53-22-8-5-9-23-53)47-69-63-25-11-10-24-62(63)68-46-56(52-20-6-4-7-21-52)38-45-76(68)87(81(69)71)79-51-61(50-78(84)80(79)83)86-74-32-18-14-28-66(74)67-29-15-19-33-75(67)86/h4-51H,1-3H3. The second-order valence-electron chi connectivity index (χ2n) is 24.8. The molecule has 0 unspecified atom stereocenters. The van der Waals surface area contributed by atoms with Gasteiger partial charge in [-0.15, -0.1) is 0 Å². The average molecular weight is 1110 g/mol. The molecule has 0 bridgehead atoms. The van der Waals surface area contributed by atoms with Crippen molar-refractivity contribution in [3.8, 4) is 67.0 Å². The second-order valence-corrected chi connectivity index (χ2v) is 24.8. The van der Waals surface area contributed by atoms with Crippen LogP contribution < -0.4 is 26.2 Å². The van der Waals surface area contributed by atoms with Crippen LogP contribution in [0.4, 0.5) is 34.1 Å². The maximum absolute atomic E-state index is 2.66. The molecule has 5 heterocycles. The zero-order valence-corrected chi connectivity index (χ0v) is 48.6. The molecule has 3 aliphatic heterocycles. The Balaban J connectivity index is 0.982. The maximum Gasteiger partial charge on any atom is 0.252 e. The van der Waals surface area contributed by atoms with Gasteiger partial charge in [0.2, 0.25) is 0 Å². The zero-order valence-electron chi connectivity index (χ0n) is 48.6. The molecule has 18 rings (SSSR count). The van der Waals surface area contributed by atoms with Crippen molar-refractivity contribution in [3.05, 3.63) is 297 Å². The molecule has 0 spiro atoms. The molecule has 0 atom stereocenters. The van der Waals surface area contributed by atoms with Gasteiger partial charge in [0, 0.05) is 66.8 Å². The van der Waals surface area contributed by atoms with Crippen molar-refractivity contribution in [2.24, 2.45) is 0 Å². The fraction of sp³-hybridized carbons (Fsp3) is 0.0488. The Bertz CT molecular complexity index is 5210. The van der Waals surface area contributed by atoms with Crippen LogP contribution >= 0.6 is 0 Å². The van der Waals surface area contributed by atoms with Crippen LogP contribution in [-0.2, 0) is 5.41 Å². The second kappa shape index (κ2) is 18.8. The molecule has 2 aromatic heterocycles. The average Bonchev–Trinajstić information content (AvgIpc) is 2.34. The number of hydrogen-bond donors (Lipinski definition) is 0. The summed E-state index contributed by atoms with van der Waals surface area (Å²) in [6.07, 6.45) is 0. The predicted octanol–water partition coefficient (Wildman–Crippen LogP) is 19.9. The van der Waals surface area contributed by atoms with E-state index >= 15 is 0 Å². The van der Waals surface area contributed by atoms with Crippen LogP contribution in [0.15, 0.2) is 291 Å². The molecule has 0 saturated carbocycles. The van der Waals surface area contributed by atoms with Crippen LogP contribution in [-0.4, -0.2) is 15.8 Å². The van der Waals surface area contributed by atoms with Gasteiger partial charge < -0.3 is 18.9 Å². The first-order valence-corrected chi connectivity index (χ1v) is 30.4. The minimum absolute atomic E-state index is 0.0581. The third-order valence-electron chi connectivity index (χ3n) is 19.0. The van der Waals surface area contributed by atoms with Gasteiger partial charge in [-0.3, -0.25) is 0 Å². The smallest absolute Gasteiger partial charge is 0.252 e. The number of nitrogens with zero attached hydrogens (tertiary/aromatic N) is 4. The van der Waals surface area contributed by atoms with Gasteiger partial charge in [-0.2, -0.15) is 0 Å². The quantitative estimate of drug-likeness (QED) is 0.154. The lowest BCUT2D eigenvalue weighted by molar-refractivity contribution is 0.590. The lowest BCUT2D eigenvalue weighted by Crippen LogP contribution is -2.61. The van der Waals surface area contributed by atoms with Crippen LogP contribution in [0.3, 0.4) is 0 Å². The zero-order chi connectivity index (χ0) is 57.6. The van der Waals surface area contributed by atoms with Crippen LogP contribution in [0.2, 0.25) is 0 Å². The van der Waals surface area contributed by atoms with Crippen LogP contribution in [0.25, 0.3) is 111 Å². The van der Waals surface area contributed by atoms with Gasteiger partial charge in [-0.1, -0.05) is 233 Å². The van der Waals surface area contributed by atoms with Crippen molar-refractivity contribution in [1.82, 2.24) is 9.13 Å². The molecule has 0 saturated heterocycles. The summed E-state index contributed by atoms with van der Waals surface area (Å²) in [7, 11) is 0. The van der Waals surface area contributed by atoms with E-state index in [0.717, 1.165) is 39.8 Å². The Labute approximate surface area is 506 Å². The molecule has 0 N–H and O–H groups in total. The van der Waals surface area contributed by atoms with Gasteiger partial charge in [-0.05, 0) is 151 Å². The van der Waals surface area contributed by atoms with E-state index in [9.17, 15) is 0 Å². The van der Waals surface area contributed by atoms with Crippen molar-refractivity contribution in [1.29, 1.82) is 0 Å². The Morgan fingerprint density at radius 2 is 0.713 bits per heavy atom. The molecular weight excluding hydrogens is 1050 g/mol. The van der Waals surface area contributed by atoms with Gasteiger partial charge in [0.25, 0.3) is 6.71 Å². The molecule has 408 valence electrons. The number of rotatable bonds is 6. The van der Waals surface area contributed by atoms with E-state index in [2.05, 4.69) is 331 Å². The Morgan fingerprint density at radius 1 is 0.276 bits per heavy atom. The summed E-state index contributed by atoms with van der Waals surface area (Å²) >= 11 is 0. The summed E-state index contributed by atoms with van der Waals surface area (Å²) < 4.78 is 5.00. The molecule has 5 heteroatoms. The molecule has 87 heavy (non-hydrogen) atoms. The minimum atomic E-state index is -0.174. The summed E-state index contributed by atoms with van der Waals surface area (Å²) in [5, 5.41) is 4.94. The number of aromatic nitrogens is 2. The molecule has 3 aliphatic rings. The highest BCUT2D eigenvalue weighted by Crippen LogP contribution is 2.55. The normalized spacial score (nSPS) is 12.9. The summed E-state index contributed by atoms with van der Waals surface area (Å²) in [6, 6.07) is 110. The third-order valence-corrected chi connectivity index (χ3v) is 19.0. The molecule has 15 aromatic rings. The number of para-hydroxylation sites is 4. The van der Waals surface area contributed by atoms with Crippen LogP contribution in [0.5, 0.6) is 0 Å². The first kappa shape index (κ1) is 49.5. The van der Waals surface area contributed by atoms with Crippen molar-refractivity contribution in [3.63, 3.8) is 0 Å². The fourth-order valence-corrected chi connectivity index (χ4v) is 15.0. The van der Waals surface area contributed by atoms with Gasteiger partial charge in [0.15, 0.2) is 0 Å². The summed E-state index contributed by atoms with van der Waals surface area (Å²) in [5.41, 5.74) is 31.0. The molecule has 0 amide bonds. The highest BCUT2D eigenvalue weighted by molar-refractivity contribution is 7.00. The molecule has 13 aromatic carbocycles. The molecular formula is C82H57BN4. The Kier molecular flexibility index (Phi) is 10.7. The lowest BCUT2D eigenvalue weighted by atomic mass is 9.33. The van der Waals surface area contributed by atoms with Crippen molar-refractivity contribution in [2.75, 3.05) is 9.80 Å². The molecule has 0 aliphatic carbocycles. The monoisotopic (exact) mass is 1110 g/mol. The van der Waals surface area contributed by atoms with Gasteiger partial charge >= 0.3 is 0 Å². The predicted molar refractivity (Wildman–Crippen MR) is 369 cm³/mol. The molecule has 0 radical (unpaired) electrons. The number of hydrogen-bond acceptors (Lipinski definition) is 2. The topological polar surface area (TPSA) is 16.3 Å². The van der Waals surface area contributed by atoms with E-state index < -0.39 is 0 Å².